The topological polar surface area (TPSA) is 75.4 Å². The van der Waals surface area contributed by atoms with Crippen molar-refractivity contribution in [2.75, 3.05) is 18.4 Å². The second-order valence-corrected chi connectivity index (χ2v) is 8.44. The first-order valence-electron chi connectivity index (χ1n) is 9.66. The summed E-state index contributed by atoms with van der Waals surface area (Å²) in [5, 5.41) is 3.56. The second kappa shape index (κ2) is 7.44. The predicted octanol–water partition coefficient (Wildman–Crippen LogP) is 3.36. The molecule has 0 bridgehead atoms. The van der Waals surface area contributed by atoms with Gasteiger partial charge in [0.25, 0.3) is 11.8 Å². The molecule has 2 amide bonds. The molecule has 2 aromatic rings. The first kappa shape index (κ1) is 18.2. The summed E-state index contributed by atoms with van der Waals surface area (Å²) in [6.07, 6.45) is 5.32. The lowest BCUT2D eigenvalue weighted by molar-refractivity contribution is 0.1000. The summed E-state index contributed by atoms with van der Waals surface area (Å²) in [5.41, 5.74) is 10.4. The molecule has 1 aromatic heterocycles. The lowest BCUT2D eigenvalue weighted by atomic mass is 9.90. The zero-order valence-electron chi connectivity index (χ0n) is 15.6. The fourth-order valence-corrected chi connectivity index (χ4v) is 5.42. The molecular formula is C21H25N3O2S. The predicted molar refractivity (Wildman–Crippen MR) is 109 cm³/mol. The van der Waals surface area contributed by atoms with Gasteiger partial charge >= 0.3 is 0 Å². The Balaban J connectivity index is 1.61. The van der Waals surface area contributed by atoms with Crippen LogP contribution in [0.5, 0.6) is 0 Å². The summed E-state index contributed by atoms with van der Waals surface area (Å²) in [6.45, 7) is 4.83. The first-order valence-corrected chi connectivity index (χ1v) is 10.5. The number of carbonyl (C=O) groups excluding carboxylic acids is 2. The van der Waals surface area contributed by atoms with Gasteiger partial charge in [0.15, 0.2) is 0 Å². The smallest absolute Gasteiger partial charge is 0.256 e. The van der Waals surface area contributed by atoms with Crippen LogP contribution < -0.4 is 11.1 Å². The van der Waals surface area contributed by atoms with Crippen molar-refractivity contribution >= 4 is 28.2 Å². The van der Waals surface area contributed by atoms with Crippen LogP contribution in [0.3, 0.4) is 0 Å². The number of hydrogen-bond donors (Lipinski definition) is 2. The molecule has 6 heteroatoms. The fourth-order valence-electron chi connectivity index (χ4n) is 4.12. The Hall–Kier alpha value is -2.18. The summed E-state index contributed by atoms with van der Waals surface area (Å²) >= 11 is 1.49. The molecule has 5 nitrogen and oxygen atoms in total. The van der Waals surface area contributed by atoms with Gasteiger partial charge in [-0.3, -0.25) is 14.5 Å². The average Bonchev–Trinajstić information content (AvgIpc) is 3.04. The number of nitrogens with two attached hydrogens (primary N) is 1. The minimum atomic E-state index is -0.460. The number of thiophene rings is 1. The molecule has 4 rings (SSSR count). The Bertz CT molecular complexity index is 903. The fraction of sp³-hybridized carbons (Fsp3) is 0.429. The Morgan fingerprint density at radius 3 is 2.70 bits per heavy atom. The zero-order valence-corrected chi connectivity index (χ0v) is 16.5. The molecule has 3 N–H and O–H groups in total. The van der Waals surface area contributed by atoms with Crippen molar-refractivity contribution in [3.05, 3.63) is 50.9 Å². The maximum Gasteiger partial charge on any atom is 0.256 e. The lowest BCUT2D eigenvalue weighted by Crippen LogP contribution is -2.30. The highest BCUT2D eigenvalue weighted by Gasteiger charge is 2.27. The number of fused-ring (bicyclic) bond motifs is 2. The van der Waals surface area contributed by atoms with Gasteiger partial charge < -0.3 is 11.1 Å². The van der Waals surface area contributed by atoms with Crippen LogP contribution in [-0.2, 0) is 25.8 Å². The number of nitrogens with one attached hydrogen (secondary N) is 1. The quantitative estimate of drug-likeness (QED) is 0.850. The molecule has 142 valence electrons. The highest BCUT2D eigenvalue weighted by molar-refractivity contribution is 7.17. The van der Waals surface area contributed by atoms with Gasteiger partial charge in [0, 0.05) is 23.5 Å². The average molecular weight is 384 g/mol. The number of anilines is 1. The monoisotopic (exact) mass is 383 g/mol. The van der Waals surface area contributed by atoms with Crippen molar-refractivity contribution in [1.82, 2.24) is 4.90 Å². The molecule has 0 radical (unpaired) electrons. The van der Waals surface area contributed by atoms with Crippen molar-refractivity contribution in [3.8, 4) is 0 Å². The van der Waals surface area contributed by atoms with E-state index in [2.05, 4.69) is 23.2 Å². The number of aryl methyl sites for hydroxylation is 2. The zero-order chi connectivity index (χ0) is 19.0. The van der Waals surface area contributed by atoms with Gasteiger partial charge in [0.2, 0.25) is 0 Å². The number of hydrogen-bond acceptors (Lipinski definition) is 4. The maximum absolute atomic E-state index is 12.8. The standard InChI is InChI=1S/C21H25N3O2S/c1-2-24-10-9-16-17(12-24)27-21(18(16)19(22)25)23-20(26)15-8-7-13-5-3-4-6-14(13)11-15/h7-8,11H,2-6,9-10,12H2,1H3,(H2,22,25)(H,23,26). The van der Waals surface area contributed by atoms with Crippen molar-refractivity contribution in [3.63, 3.8) is 0 Å². The normalized spacial score (nSPS) is 16.5. The van der Waals surface area contributed by atoms with Crippen LogP contribution in [0.25, 0.3) is 0 Å². The van der Waals surface area contributed by atoms with Gasteiger partial charge in [-0.25, -0.2) is 0 Å². The van der Waals surface area contributed by atoms with E-state index in [4.69, 9.17) is 5.73 Å². The van der Waals surface area contributed by atoms with Gasteiger partial charge in [-0.1, -0.05) is 13.0 Å². The van der Waals surface area contributed by atoms with E-state index in [0.29, 0.717) is 16.1 Å². The summed E-state index contributed by atoms with van der Waals surface area (Å²) < 4.78 is 0. The number of benzene rings is 1. The van der Waals surface area contributed by atoms with E-state index in [0.717, 1.165) is 49.3 Å². The van der Waals surface area contributed by atoms with Crippen LogP contribution in [-0.4, -0.2) is 29.8 Å². The van der Waals surface area contributed by atoms with E-state index in [-0.39, 0.29) is 5.91 Å². The Kier molecular flexibility index (Phi) is 5.02. The van der Waals surface area contributed by atoms with Gasteiger partial charge in [0.1, 0.15) is 5.00 Å². The number of likely N-dealkylation sites (N-methyl/N-ethyl adjacent to an activating group) is 1. The summed E-state index contributed by atoms with van der Waals surface area (Å²) in [7, 11) is 0. The highest BCUT2D eigenvalue weighted by atomic mass is 32.1. The van der Waals surface area contributed by atoms with Gasteiger partial charge in [0.05, 0.1) is 5.56 Å². The van der Waals surface area contributed by atoms with Crippen LogP contribution in [0.2, 0.25) is 0 Å². The SMILES string of the molecule is CCN1CCc2c(sc(NC(=O)c3ccc4c(c3)CCCC4)c2C(N)=O)C1. The van der Waals surface area contributed by atoms with E-state index in [1.54, 1.807) is 0 Å². The minimum absolute atomic E-state index is 0.170. The molecular weight excluding hydrogens is 358 g/mol. The number of rotatable bonds is 4. The third-order valence-corrected chi connectivity index (χ3v) is 6.80. The Labute approximate surface area is 163 Å². The molecule has 0 atom stereocenters. The molecule has 0 spiro atoms. The van der Waals surface area contributed by atoms with Crippen molar-refractivity contribution in [1.29, 1.82) is 0 Å². The molecule has 1 aliphatic heterocycles. The van der Waals surface area contributed by atoms with E-state index in [9.17, 15) is 9.59 Å². The molecule has 0 fully saturated rings. The van der Waals surface area contributed by atoms with Crippen molar-refractivity contribution in [2.24, 2.45) is 5.73 Å². The van der Waals surface area contributed by atoms with Crippen LogP contribution >= 0.6 is 11.3 Å². The number of primary amides is 1. The summed E-state index contributed by atoms with van der Waals surface area (Å²) in [6, 6.07) is 5.95. The van der Waals surface area contributed by atoms with Crippen LogP contribution in [0.1, 0.15) is 62.0 Å². The van der Waals surface area contributed by atoms with E-state index >= 15 is 0 Å². The van der Waals surface area contributed by atoms with Gasteiger partial charge in [-0.2, -0.15) is 0 Å². The molecule has 2 heterocycles. The van der Waals surface area contributed by atoms with Gasteiger partial charge in [-0.05, 0) is 67.5 Å². The molecule has 1 aromatic carbocycles. The second-order valence-electron chi connectivity index (χ2n) is 7.34. The largest absolute Gasteiger partial charge is 0.365 e. The third-order valence-electron chi connectivity index (χ3n) is 5.67. The van der Waals surface area contributed by atoms with Gasteiger partial charge in [-0.15, -0.1) is 11.3 Å². The maximum atomic E-state index is 12.8. The lowest BCUT2D eigenvalue weighted by Gasteiger charge is -2.25. The Morgan fingerprint density at radius 2 is 1.96 bits per heavy atom. The van der Waals surface area contributed by atoms with Crippen molar-refractivity contribution in [2.45, 2.75) is 45.6 Å². The summed E-state index contributed by atoms with van der Waals surface area (Å²) in [5.74, 6) is -0.630. The molecule has 0 saturated carbocycles. The van der Waals surface area contributed by atoms with E-state index in [1.165, 1.54) is 35.3 Å². The minimum Gasteiger partial charge on any atom is -0.365 e. The van der Waals surface area contributed by atoms with Crippen LogP contribution in [0.15, 0.2) is 18.2 Å². The van der Waals surface area contributed by atoms with Crippen molar-refractivity contribution < 1.29 is 9.59 Å². The van der Waals surface area contributed by atoms with E-state index in [1.807, 2.05) is 12.1 Å². The number of carbonyl (C=O) groups is 2. The Morgan fingerprint density at radius 1 is 1.19 bits per heavy atom. The highest BCUT2D eigenvalue weighted by Crippen LogP contribution is 2.37. The molecule has 27 heavy (non-hydrogen) atoms. The first-order chi connectivity index (χ1) is 13.1. The number of amides is 2. The van der Waals surface area contributed by atoms with Crippen LogP contribution in [0, 0.1) is 0 Å². The number of nitrogens with zero attached hydrogens (tertiary/aromatic N) is 1. The molecule has 1 aliphatic carbocycles. The molecule has 0 saturated heterocycles. The van der Waals surface area contributed by atoms with E-state index < -0.39 is 5.91 Å². The third kappa shape index (κ3) is 3.51. The molecule has 2 aliphatic rings. The van der Waals surface area contributed by atoms with Crippen LogP contribution in [0.4, 0.5) is 5.00 Å². The summed E-state index contributed by atoms with van der Waals surface area (Å²) in [4.78, 5) is 28.4. The molecule has 0 unspecified atom stereocenters.